The van der Waals surface area contributed by atoms with Crippen molar-refractivity contribution in [2.24, 2.45) is 0 Å². The van der Waals surface area contributed by atoms with E-state index in [0.29, 0.717) is 31.1 Å². The number of hydrogen-bond acceptors (Lipinski definition) is 5. The highest BCUT2D eigenvalue weighted by Gasteiger charge is 2.31. The fourth-order valence-electron chi connectivity index (χ4n) is 2.67. The smallest absolute Gasteiger partial charge is 0.251 e. The second-order valence-electron chi connectivity index (χ2n) is 5.83. The highest BCUT2D eigenvalue weighted by molar-refractivity contribution is 7.89. The summed E-state index contributed by atoms with van der Waals surface area (Å²) in [5.74, 6) is 0.356. The molecule has 1 amide bonds. The number of furan rings is 1. The van der Waals surface area contributed by atoms with E-state index in [9.17, 15) is 13.2 Å². The van der Waals surface area contributed by atoms with E-state index in [0.717, 1.165) is 0 Å². The number of rotatable bonds is 5. The average molecular weight is 364 g/mol. The second kappa shape index (κ2) is 7.38. The Kier molecular flexibility index (Phi) is 5.22. The maximum absolute atomic E-state index is 12.7. The lowest BCUT2D eigenvalue weighted by atomic mass is 10.2. The molecule has 1 N–H and O–H groups in total. The predicted octanol–water partition coefficient (Wildman–Crippen LogP) is 1.62. The van der Waals surface area contributed by atoms with Gasteiger partial charge in [0.1, 0.15) is 5.76 Å². The number of amides is 1. The highest BCUT2D eigenvalue weighted by Crippen LogP contribution is 2.21. The molecule has 134 valence electrons. The predicted molar refractivity (Wildman–Crippen MR) is 90.5 cm³/mol. The van der Waals surface area contributed by atoms with Crippen LogP contribution in [0, 0.1) is 0 Å². The lowest BCUT2D eigenvalue weighted by Crippen LogP contribution is -2.46. The van der Waals surface area contributed by atoms with Crippen LogP contribution in [0.1, 0.15) is 23.0 Å². The molecule has 2 aromatic rings. The van der Waals surface area contributed by atoms with E-state index in [-0.39, 0.29) is 23.4 Å². The van der Waals surface area contributed by atoms with Crippen LogP contribution in [-0.2, 0) is 21.3 Å². The number of nitrogens with zero attached hydrogens (tertiary/aromatic N) is 1. The first kappa shape index (κ1) is 17.7. The normalized spacial score (nSPS) is 18.8. The molecule has 7 nitrogen and oxygen atoms in total. The largest absolute Gasteiger partial charge is 0.467 e. The van der Waals surface area contributed by atoms with Crippen LogP contribution in [0.5, 0.6) is 0 Å². The van der Waals surface area contributed by atoms with Gasteiger partial charge < -0.3 is 14.5 Å². The molecular weight excluding hydrogens is 344 g/mol. The van der Waals surface area contributed by atoms with Gasteiger partial charge in [-0.05, 0) is 43.3 Å². The first-order chi connectivity index (χ1) is 12.0. The molecule has 1 saturated heterocycles. The lowest BCUT2D eigenvalue weighted by Gasteiger charge is -2.32. The van der Waals surface area contributed by atoms with Gasteiger partial charge in [-0.3, -0.25) is 4.79 Å². The fourth-order valence-corrected chi connectivity index (χ4v) is 4.27. The molecule has 1 aromatic heterocycles. The number of nitrogens with one attached hydrogen (secondary N) is 1. The first-order valence-electron chi connectivity index (χ1n) is 7.99. The quantitative estimate of drug-likeness (QED) is 0.871. The molecule has 0 saturated carbocycles. The summed E-state index contributed by atoms with van der Waals surface area (Å²) in [4.78, 5) is 12.3. The van der Waals surface area contributed by atoms with Crippen molar-refractivity contribution in [1.29, 1.82) is 0 Å². The molecule has 0 bridgehead atoms. The minimum Gasteiger partial charge on any atom is -0.467 e. The van der Waals surface area contributed by atoms with Gasteiger partial charge in [-0.25, -0.2) is 8.42 Å². The van der Waals surface area contributed by atoms with E-state index >= 15 is 0 Å². The zero-order chi connectivity index (χ0) is 17.9. The van der Waals surface area contributed by atoms with Crippen molar-refractivity contribution < 1.29 is 22.4 Å². The van der Waals surface area contributed by atoms with E-state index < -0.39 is 10.0 Å². The molecule has 2 heterocycles. The van der Waals surface area contributed by atoms with Crippen molar-refractivity contribution in [3.05, 3.63) is 54.0 Å². The van der Waals surface area contributed by atoms with Gasteiger partial charge in [-0.15, -0.1) is 0 Å². The monoisotopic (exact) mass is 364 g/mol. The van der Waals surface area contributed by atoms with Crippen molar-refractivity contribution in [1.82, 2.24) is 9.62 Å². The van der Waals surface area contributed by atoms with Crippen LogP contribution < -0.4 is 5.32 Å². The number of carbonyl (C=O) groups is 1. The standard InChI is InChI=1S/C17H20N2O5S/c1-13-12-23-10-8-19(13)25(21,22)16-6-4-14(5-7-16)17(20)18-11-15-3-2-9-24-15/h2-7,9,13H,8,10-12H2,1H3,(H,18,20). The van der Waals surface area contributed by atoms with Gasteiger partial charge in [-0.1, -0.05) is 0 Å². The molecule has 1 fully saturated rings. The molecule has 1 atom stereocenters. The Balaban J connectivity index is 1.69. The van der Waals surface area contributed by atoms with Gasteiger partial charge in [-0.2, -0.15) is 4.31 Å². The fraction of sp³-hybridized carbons (Fsp3) is 0.353. The summed E-state index contributed by atoms with van der Waals surface area (Å²) < 4.78 is 37.3. The van der Waals surface area contributed by atoms with E-state index in [1.54, 1.807) is 12.1 Å². The number of benzene rings is 1. The number of morpholine rings is 1. The number of hydrogen-bond donors (Lipinski definition) is 1. The van der Waals surface area contributed by atoms with Crippen LogP contribution in [0.15, 0.2) is 52.0 Å². The Morgan fingerprint density at radius 1 is 1.28 bits per heavy atom. The van der Waals surface area contributed by atoms with Crippen LogP contribution in [0.25, 0.3) is 0 Å². The molecule has 8 heteroatoms. The Hall–Kier alpha value is -2.16. The molecule has 0 aliphatic carbocycles. The molecular formula is C17H20N2O5S. The Morgan fingerprint density at radius 3 is 2.68 bits per heavy atom. The minimum absolute atomic E-state index is 0.170. The van der Waals surface area contributed by atoms with Crippen molar-refractivity contribution in [3.8, 4) is 0 Å². The summed E-state index contributed by atoms with van der Waals surface area (Å²) in [6, 6.07) is 9.23. The van der Waals surface area contributed by atoms with E-state index in [2.05, 4.69) is 5.32 Å². The molecule has 1 aliphatic rings. The third-order valence-electron chi connectivity index (χ3n) is 4.03. The Morgan fingerprint density at radius 2 is 2.04 bits per heavy atom. The van der Waals surface area contributed by atoms with Gasteiger partial charge in [0.15, 0.2) is 0 Å². The van der Waals surface area contributed by atoms with E-state index in [4.69, 9.17) is 9.15 Å². The lowest BCUT2D eigenvalue weighted by molar-refractivity contribution is 0.0393. The number of sulfonamides is 1. The zero-order valence-corrected chi connectivity index (χ0v) is 14.7. The molecule has 3 rings (SSSR count). The van der Waals surface area contributed by atoms with Gasteiger partial charge >= 0.3 is 0 Å². The maximum atomic E-state index is 12.7. The van der Waals surface area contributed by atoms with Crippen molar-refractivity contribution >= 4 is 15.9 Å². The highest BCUT2D eigenvalue weighted by atomic mass is 32.2. The van der Waals surface area contributed by atoms with E-state index in [1.165, 1.54) is 34.8 Å². The Bertz CT molecular complexity index is 815. The third-order valence-corrected chi connectivity index (χ3v) is 6.06. The molecule has 1 aliphatic heterocycles. The molecule has 0 spiro atoms. The van der Waals surface area contributed by atoms with Crippen LogP contribution in [-0.4, -0.2) is 44.4 Å². The summed E-state index contributed by atoms with van der Waals surface area (Å²) in [5, 5.41) is 2.72. The van der Waals surface area contributed by atoms with Gasteiger partial charge in [0, 0.05) is 18.2 Å². The summed E-state index contributed by atoms with van der Waals surface area (Å²) in [6.45, 7) is 3.18. The average Bonchev–Trinajstić information content (AvgIpc) is 3.13. The first-order valence-corrected chi connectivity index (χ1v) is 9.43. The molecule has 1 aromatic carbocycles. The van der Waals surface area contributed by atoms with E-state index in [1.807, 2.05) is 6.92 Å². The van der Waals surface area contributed by atoms with Gasteiger partial charge in [0.05, 0.1) is 30.9 Å². The number of ether oxygens (including phenoxy) is 1. The van der Waals surface area contributed by atoms with Crippen LogP contribution in [0.2, 0.25) is 0 Å². The molecule has 0 radical (unpaired) electrons. The van der Waals surface area contributed by atoms with Crippen LogP contribution in [0.4, 0.5) is 0 Å². The second-order valence-corrected chi connectivity index (χ2v) is 7.72. The van der Waals surface area contributed by atoms with Crippen LogP contribution >= 0.6 is 0 Å². The third kappa shape index (κ3) is 3.92. The van der Waals surface area contributed by atoms with Gasteiger partial charge in [0.2, 0.25) is 10.0 Å². The van der Waals surface area contributed by atoms with Crippen molar-refractivity contribution in [3.63, 3.8) is 0 Å². The SMILES string of the molecule is CC1COCCN1S(=O)(=O)c1ccc(C(=O)NCc2ccco2)cc1. The summed E-state index contributed by atoms with van der Waals surface area (Å²) >= 11 is 0. The topological polar surface area (TPSA) is 88.8 Å². The number of carbonyl (C=O) groups excluding carboxylic acids is 1. The molecule has 1 unspecified atom stereocenters. The molecule has 25 heavy (non-hydrogen) atoms. The van der Waals surface area contributed by atoms with Crippen molar-refractivity contribution in [2.45, 2.75) is 24.4 Å². The van der Waals surface area contributed by atoms with Crippen LogP contribution in [0.3, 0.4) is 0 Å². The summed E-state index contributed by atoms with van der Waals surface area (Å²) in [5.41, 5.74) is 0.389. The summed E-state index contributed by atoms with van der Waals surface area (Å²) in [6.07, 6.45) is 1.54. The zero-order valence-electron chi connectivity index (χ0n) is 13.8. The van der Waals surface area contributed by atoms with Crippen molar-refractivity contribution in [2.75, 3.05) is 19.8 Å². The Labute approximate surface area is 146 Å². The summed E-state index contributed by atoms with van der Waals surface area (Å²) in [7, 11) is -3.59. The van der Waals surface area contributed by atoms with Gasteiger partial charge in [0.25, 0.3) is 5.91 Å². The maximum Gasteiger partial charge on any atom is 0.251 e. The minimum atomic E-state index is -3.59.